The van der Waals surface area contributed by atoms with E-state index in [4.69, 9.17) is 0 Å². The van der Waals surface area contributed by atoms with Crippen LogP contribution in [0.2, 0.25) is 0 Å². The normalized spacial score (nSPS) is 28.8. The van der Waals surface area contributed by atoms with Crippen LogP contribution in [0.5, 0.6) is 0 Å². The number of piperidine rings is 1. The molecule has 3 unspecified atom stereocenters. The fourth-order valence-electron chi connectivity index (χ4n) is 3.68. The van der Waals surface area contributed by atoms with E-state index in [1.807, 2.05) is 19.9 Å². The molecule has 21 heavy (non-hydrogen) atoms. The largest absolute Gasteiger partial charge is 0.303 e. The Morgan fingerprint density at radius 2 is 1.86 bits per heavy atom. The van der Waals surface area contributed by atoms with Gasteiger partial charge in [0.1, 0.15) is 0 Å². The van der Waals surface area contributed by atoms with Crippen molar-refractivity contribution in [3.8, 4) is 0 Å². The molecule has 3 atom stereocenters. The minimum atomic E-state index is -0.103. The van der Waals surface area contributed by atoms with Crippen LogP contribution in [0.15, 0.2) is 6.07 Å². The minimum Gasteiger partial charge on any atom is -0.303 e. The second-order valence-electron chi connectivity index (χ2n) is 6.41. The Bertz CT molecular complexity index is 511. The Kier molecular flexibility index (Phi) is 4.19. The molecule has 0 radical (unpaired) electrons. The highest BCUT2D eigenvalue weighted by Crippen LogP contribution is 2.32. The van der Waals surface area contributed by atoms with Crippen molar-refractivity contribution in [3.05, 3.63) is 17.5 Å². The molecular weight excluding hydrogens is 264 g/mol. The Labute approximate surface area is 125 Å². The quantitative estimate of drug-likeness (QED) is 0.876. The summed E-state index contributed by atoms with van der Waals surface area (Å²) in [6.07, 6.45) is 7.21. The highest BCUT2D eigenvalue weighted by molar-refractivity contribution is 5.93. The molecule has 1 aliphatic heterocycles. The Hall–Kier alpha value is -1.49. The van der Waals surface area contributed by atoms with Gasteiger partial charge in [0, 0.05) is 17.4 Å². The molecule has 0 bridgehead atoms. The van der Waals surface area contributed by atoms with Crippen LogP contribution in [0.3, 0.4) is 0 Å². The number of carbonyl (C=O) groups is 1. The van der Waals surface area contributed by atoms with E-state index in [-0.39, 0.29) is 11.9 Å². The van der Waals surface area contributed by atoms with Crippen LogP contribution < -0.4 is 10.6 Å². The molecule has 2 aliphatic rings. The van der Waals surface area contributed by atoms with Gasteiger partial charge in [0.2, 0.25) is 11.9 Å². The molecule has 1 amide bonds. The summed E-state index contributed by atoms with van der Waals surface area (Å²) < 4.78 is 0. The van der Waals surface area contributed by atoms with Gasteiger partial charge in [-0.1, -0.05) is 12.8 Å². The predicted octanol–water partition coefficient (Wildman–Crippen LogP) is 2.34. The number of rotatable bonds is 2. The molecule has 2 heterocycles. The zero-order valence-corrected chi connectivity index (χ0v) is 12.9. The van der Waals surface area contributed by atoms with E-state index >= 15 is 0 Å². The fourth-order valence-corrected chi connectivity index (χ4v) is 3.68. The molecule has 5 heteroatoms. The number of hydrogen-bond donors (Lipinski definition) is 2. The van der Waals surface area contributed by atoms with Crippen LogP contribution in [0.4, 0.5) is 5.95 Å². The Morgan fingerprint density at radius 3 is 2.62 bits per heavy atom. The Balaban J connectivity index is 1.62. The summed E-state index contributed by atoms with van der Waals surface area (Å²) in [6.45, 7) is 3.83. The van der Waals surface area contributed by atoms with E-state index in [0.717, 1.165) is 30.1 Å². The van der Waals surface area contributed by atoms with E-state index in [1.165, 1.54) is 25.7 Å². The molecule has 2 fully saturated rings. The van der Waals surface area contributed by atoms with Gasteiger partial charge in [0.05, 0.1) is 6.04 Å². The van der Waals surface area contributed by atoms with Gasteiger partial charge in [-0.2, -0.15) is 0 Å². The second-order valence-corrected chi connectivity index (χ2v) is 6.41. The smallest absolute Gasteiger partial charge is 0.243 e. The van der Waals surface area contributed by atoms with Crippen molar-refractivity contribution < 1.29 is 4.79 Å². The van der Waals surface area contributed by atoms with Crippen molar-refractivity contribution in [2.45, 2.75) is 64.5 Å². The van der Waals surface area contributed by atoms with E-state index in [2.05, 4.69) is 20.6 Å². The first kappa shape index (κ1) is 14.4. The number of nitrogens with one attached hydrogen (secondary N) is 2. The zero-order valence-electron chi connectivity index (χ0n) is 12.9. The summed E-state index contributed by atoms with van der Waals surface area (Å²) in [4.78, 5) is 21.0. The molecule has 1 aromatic heterocycles. The summed E-state index contributed by atoms with van der Waals surface area (Å²) >= 11 is 0. The first-order chi connectivity index (χ1) is 10.1. The summed E-state index contributed by atoms with van der Waals surface area (Å²) in [7, 11) is 0. The lowest BCUT2D eigenvalue weighted by Crippen LogP contribution is -2.53. The average molecular weight is 288 g/mol. The highest BCUT2D eigenvalue weighted by Gasteiger charge is 2.34. The summed E-state index contributed by atoms with van der Waals surface area (Å²) in [5.74, 6) is 1.19. The molecule has 3 rings (SSSR count). The topological polar surface area (TPSA) is 66.9 Å². The maximum Gasteiger partial charge on any atom is 0.243 e. The van der Waals surface area contributed by atoms with Crippen molar-refractivity contribution in [2.75, 3.05) is 5.32 Å². The fraction of sp³-hybridized carbons (Fsp3) is 0.688. The maximum atomic E-state index is 12.4. The van der Waals surface area contributed by atoms with E-state index in [1.54, 1.807) is 0 Å². The van der Waals surface area contributed by atoms with E-state index in [9.17, 15) is 4.79 Å². The third kappa shape index (κ3) is 3.40. The monoisotopic (exact) mass is 288 g/mol. The van der Waals surface area contributed by atoms with E-state index in [0.29, 0.717) is 12.0 Å². The van der Waals surface area contributed by atoms with Crippen molar-refractivity contribution >= 4 is 11.9 Å². The summed E-state index contributed by atoms with van der Waals surface area (Å²) in [5.41, 5.74) is 1.75. The molecule has 1 saturated heterocycles. The van der Waals surface area contributed by atoms with Crippen LogP contribution >= 0.6 is 0 Å². The van der Waals surface area contributed by atoms with Crippen molar-refractivity contribution in [3.63, 3.8) is 0 Å². The van der Waals surface area contributed by atoms with Crippen LogP contribution in [0.1, 0.15) is 49.9 Å². The lowest BCUT2D eigenvalue weighted by Gasteiger charge is -2.39. The van der Waals surface area contributed by atoms with Crippen molar-refractivity contribution in [1.82, 2.24) is 15.3 Å². The second kappa shape index (κ2) is 6.10. The summed E-state index contributed by atoms with van der Waals surface area (Å²) in [6, 6.07) is 2.32. The molecule has 114 valence electrons. The number of aryl methyl sites for hydroxylation is 2. The molecule has 0 spiro atoms. The molecular formula is C16H24N4O. The van der Waals surface area contributed by atoms with Gasteiger partial charge >= 0.3 is 0 Å². The number of nitrogens with zero attached hydrogens (tertiary/aromatic N) is 2. The first-order valence-electron chi connectivity index (χ1n) is 8.01. The summed E-state index contributed by atoms with van der Waals surface area (Å²) in [5, 5.41) is 6.40. The average Bonchev–Trinajstić information content (AvgIpc) is 2.45. The molecule has 5 nitrogen and oxygen atoms in total. The van der Waals surface area contributed by atoms with E-state index < -0.39 is 0 Å². The van der Waals surface area contributed by atoms with Gasteiger partial charge in [-0.15, -0.1) is 0 Å². The number of carbonyl (C=O) groups excluding carboxylic acids is 1. The zero-order chi connectivity index (χ0) is 14.8. The van der Waals surface area contributed by atoms with Gasteiger partial charge in [0.25, 0.3) is 0 Å². The number of amides is 1. The van der Waals surface area contributed by atoms with Crippen LogP contribution in [-0.4, -0.2) is 28.0 Å². The van der Waals surface area contributed by atoms with Crippen LogP contribution in [-0.2, 0) is 4.79 Å². The number of anilines is 1. The molecule has 1 aliphatic carbocycles. The highest BCUT2D eigenvalue weighted by atomic mass is 16.2. The molecule has 1 saturated carbocycles. The van der Waals surface area contributed by atoms with Gasteiger partial charge in [-0.25, -0.2) is 9.97 Å². The molecule has 0 aromatic carbocycles. The molecule has 2 N–H and O–H groups in total. The predicted molar refractivity (Wildman–Crippen MR) is 82.0 cm³/mol. The van der Waals surface area contributed by atoms with Crippen molar-refractivity contribution in [1.29, 1.82) is 0 Å². The third-order valence-corrected chi connectivity index (χ3v) is 4.68. The number of fused-ring (bicyclic) bond motifs is 1. The van der Waals surface area contributed by atoms with Gasteiger partial charge in [0.15, 0.2) is 0 Å². The van der Waals surface area contributed by atoms with Gasteiger partial charge in [-0.3, -0.25) is 10.1 Å². The van der Waals surface area contributed by atoms with Gasteiger partial charge < -0.3 is 5.32 Å². The standard InChI is InChI=1S/C16H24N4O/c1-10-9-11(2)18-16(17-10)20-15(21)14-8-7-12-5-3-4-6-13(12)19-14/h9,12-14,19H,3-8H2,1-2H3,(H,17,18,20,21). The Morgan fingerprint density at radius 1 is 1.14 bits per heavy atom. The molecule has 1 aromatic rings. The SMILES string of the molecule is Cc1cc(C)nc(NC(=O)C2CCC3CCCCC3N2)n1. The lowest BCUT2D eigenvalue weighted by molar-refractivity contribution is -0.119. The third-order valence-electron chi connectivity index (χ3n) is 4.68. The maximum absolute atomic E-state index is 12.4. The van der Waals surface area contributed by atoms with Crippen LogP contribution in [0, 0.1) is 19.8 Å². The lowest BCUT2D eigenvalue weighted by atomic mass is 9.77. The van der Waals surface area contributed by atoms with Crippen LogP contribution in [0.25, 0.3) is 0 Å². The van der Waals surface area contributed by atoms with Crippen molar-refractivity contribution in [2.24, 2.45) is 5.92 Å². The number of hydrogen-bond acceptors (Lipinski definition) is 4. The minimum absolute atomic E-state index is 0.00373. The first-order valence-corrected chi connectivity index (χ1v) is 8.01. The van der Waals surface area contributed by atoms with Gasteiger partial charge in [-0.05, 0) is 51.5 Å². The number of aromatic nitrogens is 2.